The zero-order valence-electron chi connectivity index (χ0n) is 21.8. The molecule has 0 saturated carbocycles. The van der Waals surface area contributed by atoms with Crippen LogP contribution in [-0.2, 0) is 0 Å². The molecule has 4 rings (SSSR count). The van der Waals surface area contributed by atoms with E-state index in [1.165, 1.54) is 18.2 Å². The molecule has 38 heavy (non-hydrogen) atoms. The Morgan fingerprint density at radius 3 is 2.32 bits per heavy atom. The molecule has 0 aliphatic rings. The van der Waals surface area contributed by atoms with E-state index in [9.17, 15) is 9.18 Å². The van der Waals surface area contributed by atoms with Crippen molar-refractivity contribution in [3.63, 3.8) is 0 Å². The number of rotatable bonds is 9. The number of tetrazole rings is 1. The van der Waals surface area contributed by atoms with Crippen LogP contribution in [0.15, 0.2) is 65.1 Å². The first-order chi connectivity index (χ1) is 18.2. The maximum atomic E-state index is 13.7. The van der Waals surface area contributed by atoms with Crippen molar-refractivity contribution >= 4 is 39.0 Å². The van der Waals surface area contributed by atoms with Gasteiger partial charge in [0.1, 0.15) is 5.82 Å². The maximum Gasteiger partial charge on any atom is 0.323 e. The number of urea groups is 1. The van der Waals surface area contributed by atoms with Crippen LogP contribution in [0.2, 0.25) is 0 Å². The van der Waals surface area contributed by atoms with Crippen molar-refractivity contribution in [1.82, 2.24) is 20.6 Å². The number of nitrogens with zero attached hydrogens (tertiary/aromatic N) is 4. The number of carbonyl (C=O) groups is 1. The third kappa shape index (κ3) is 6.74. The van der Waals surface area contributed by atoms with Gasteiger partial charge in [0.15, 0.2) is 5.82 Å². The molecule has 0 spiro atoms. The van der Waals surface area contributed by atoms with Gasteiger partial charge in [-0.15, -0.1) is 5.10 Å². The van der Waals surface area contributed by atoms with Gasteiger partial charge in [-0.1, -0.05) is 58.0 Å². The van der Waals surface area contributed by atoms with Crippen molar-refractivity contribution < 1.29 is 9.18 Å². The first kappa shape index (κ1) is 27.3. The van der Waals surface area contributed by atoms with Crippen molar-refractivity contribution in [2.24, 2.45) is 11.8 Å². The molecule has 0 bridgehead atoms. The quantitative estimate of drug-likeness (QED) is 0.195. The van der Waals surface area contributed by atoms with Crippen LogP contribution in [0.25, 0.3) is 22.5 Å². The highest BCUT2D eigenvalue weighted by Gasteiger charge is 2.19. The van der Waals surface area contributed by atoms with Gasteiger partial charge >= 0.3 is 6.03 Å². The number of aromatic nitrogens is 4. The summed E-state index contributed by atoms with van der Waals surface area (Å²) in [5.41, 5.74) is 4.71. The smallest absolute Gasteiger partial charge is 0.323 e. The van der Waals surface area contributed by atoms with E-state index in [0.717, 1.165) is 35.5 Å². The second-order valence-corrected chi connectivity index (χ2v) is 10.8. The highest BCUT2D eigenvalue weighted by Crippen LogP contribution is 2.36. The van der Waals surface area contributed by atoms with Gasteiger partial charge in [-0.3, -0.25) is 0 Å². The Kier molecular flexibility index (Phi) is 8.73. The molecule has 198 valence electrons. The fourth-order valence-electron chi connectivity index (χ4n) is 4.31. The third-order valence-electron chi connectivity index (χ3n) is 5.77. The Bertz CT molecular complexity index is 1380. The molecule has 2 amide bonds. The monoisotopic (exact) mass is 579 g/mol. The van der Waals surface area contributed by atoms with Crippen LogP contribution >= 0.6 is 15.9 Å². The zero-order chi connectivity index (χ0) is 27.2. The molecular weight excluding hydrogens is 549 g/mol. The molecule has 0 unspecified atom stereocenters. The first-order valence-corrected chi connectivity index (χ1v) is 13.3. The van der Waals surface area contributed by atoms with Crippen LogP contribution in [0.3, 0.4) is 0 Å². The lowest BCUT2D eigenvalue weighted by Crippen LogP contribution is -2.32. The summed E-state index contributed by atoms with van der Waals surface area (Å²) in [5, 5.41) is 20.2. The highest BCUT2D eigenvalue weighted by molar-refractivity contribution is 9.10. The molecule has 1 heterocycles. The molecule has 3 N–H and O–H groups in total. The lowest BCUT2D eigenvalue weighted by molar-refractivity contribution is 0.262. The van der Waals surface area contributed by atoms with Crippen molar-refractivity contribution in [3.8, 4) is 22.5 Å². The van der Waals surface area contributed by atoms with Crippen LogP contribution in [-0.4, -0.2) is 39.7 Å². The Labute approximate surface area is 230 Å². The van der Waals surface area contributed by atoms with Gasteiger partial charge in [-0.05, 0) is 79.7 Å². The van der Waals surface area contributed by atoms with Crippen molar-refractivity contribution in [3.05, 3.63) is 71.0 Å². The summed E-state index contributed by atoms with van der Waals surface area (Å²) in [4.78, 5) is 15.4. The SMILES string of the molecule is CC(C)CN(CC(C)C)c1ccc(-c2ccccc2-c2nnn[nH]2)cc1NC(=O)Nc1ccc(F)c(Br)c1. The summed E-state index contributed by atoms with van der Waals surface area (Å²) < 4.78 is 14.0. The van der Waals surface area contributed by atoms with E-state index in [1.54, 1.807) is 0 Å². The predicted molar refractivity (Wildman–Crippen MR) is 154 cm³/mol. The van der Waals surface area contributed by atoms with Crippen LogP contribution in [0.1, 0.15) is 27.7 Å². The lowest BCUT2D eigenvalue weighted by Gasteiger charge is -2.31. The highest BCUT2D eigenvalue weighted by atomic mass is 79.9. The van der Waals surface area contributed by atoms with Gasteiger partial charge in [0.05, 0.1) is 15.8 Å². The van der Waals surface area contributed by atoms with Crippen molar-refractivity contribution in [2.75, 3.05) is 28.6 Å². The minimum atomic E-state index is -0.427. The topological polar surface area (TPSA) is 98.8 Å². The van der Waals surface area contributed by atoms with Gasteiger partial charge < -0.3 is 15.5 Å². The number of nitrogens with one attached hydrogen (secondary N) is 3. The number of benzene rings is 3. The zero-order valence-corrected chi connectivity index (χ0v) is 23.4. The van der Waals surface area contributed by atoms with E-state index >= 15 is 0 Å². The van der Waals surface area contributed by atoms with E-state index < -0.39 is 11.8 Å². The van der Waals surface area contributed by atoms with E-state index in [0.29, 0.717) is 29.0 Å². The van der Waals surface area contributed by atoms with Crippen molar-refractivity contribution in [2.45, 2.75) is 27.7 Å². The molecule has 1 aromatic heterocycles. The van der Waals surface area contributed by atoms with E-state index in [4.69, 9.17) is 0 Å². The molecule has 3 aromatic carbocycles. The molecule has 0 aliphatic carbocycles. The fourth-order valence-corrected chi connectivity index (χ4v) is 4.68. The minimum Gasteiger partial charge on any atom is -0.369 e. The van der Waals surface area contributed by atoms with Crippen LogP contribution in [0.5, 0.6) is 0 Å². The number of hydrogen-bond donors (Lipinski definition) is 3. The average molecular weight is 581 g/mol. The Balaban J connectivity index is 1.74. The summed E-state index contributed by atoms with van der Waals surface area (Å²) in [6.45, 7) is 10.4. The molecule has 10 heteroatoms. The Hall–Kier alpha value is -3.79. The number of amides is 2. The summed E-state index contributed by atoms with van der Waals surface area (Å²) in [7, 11) is 0. The van der Waals surface area contributed by atoms with E-state index in [1.807, 2.05) is 42.5 Å². The number of aromatic amines is 1. The number of H-pyrrole nitrogens is 1. The Morgan fingerprint density at radius 1 is 0.974 bits per heavy atom. The summed E-state index contributed by atoms with van der Waals surface area (Å²) in [6.07, 6.45) is 0. The second-order valence-electron chi connectivity index (χ2n) is 9.93. The lowest BCUT2D eigenvalue weighted by atomic mass is 9.97. The fraction of sp³-hybridized carbons (Fsp3) is 0.286. The molecule has 4 aromatic rings. The number of halogens is 2. The average Bonchev–Trinajstić information content (AvgIpc) is 3.40. The summed E-state index contributed by atoms with van der Waals surface area (Å²) >= 11 is 3.17. The molecule has 8 nitrogen and oxygen atoms in total. The Morgan fingerprint density at radius 2 is 1.68 bits per heavy atom. The van der Waals surface area contributed by atoms with Crippen LogP contribution in [0.4, 0.5) is 26.2 Å². The van der Waals surface area contributed by atoms with Crippen LogP contribution < -0.4 is 15.5 Å². The first-order valence-electron chi connectivity index (χ1n) is 12.5. The molecule has 0 saturated heterocycles. The van der Waals surface area contributed by atoms with E-state index in [-0.39, 0.29) is 4.47 Å². The molecule has 0 aliphatic heterocycles. The van der Waals surface area contributed by atoms with E-state index in [2.05, 4.69) is 79.8 Å². The van der Waals surface area contributed by atoms with Gasteiger partial charge in [-0.2, -0.15) is 0 Å². The summed E-state index contributed by atoms with van der Waals surface area (Å²) in [6, 6.07) is 17.8. The largest absolute Gasteiger partial charge is 0.369 e. The molecular formula is C28H31BrFN7O. The van der Waals surface area contributed by atoms with Crippen LogP contribution in [0, 0.1) is 17.7 Å². The molecule has 0 atom stereocenters. The molecule has 0 fully saturated rings. The predicted octanol–water partition coefficient (Wildman–Crippen LogP) is 7.20. The summed E-state index contributed by atoms with van der Waals surface area (Å²) in [5.74, 6) is 1.00. The number of hydrogen-bond acceptors (Lipinski definition) is 5. The van der Waals surface area contributed by atoms with Crippen molar-refractivity contribution in [1.29, 1.82) is 0 Å². The van der Waals surface area contributed by atoms with Gasteiger partial charge in [0.2, 0.25) is 0 Å². The third-order valence-corrected chi connectivity index (χ3v) is 6.38. The number of anilines is 3. The maximum absolute atomic E-state index is 13.7. The normalized spacial score (nSPS) is 11.2. The minimum absolute atomic E-state index is 0.275. The van der Waals surface area contributed by atoms with Gasteiger partial charge in [0, 0.05) is 24.3 Å². The second kappa shape index (κ2) is 12.2. The standard InChI is InChI=1S/C28H31BrFN7O/c1-17(2)15-37(16-18(3)4)26-12-9-19(21-7-5-6-8-22(21)27-33-35-36-34-27)13-25(26)32-28(38)31-20-10-11-24(30)23(29)14-20/h5-14,17-18H,15-16H2,1-4H3,(H2,31,32,38)(H,33,34,35,36). The van der Waals surface area contributed by atoms with Gasteiger partial charge in [-0.25, -0.2) is 14.3 Å². The number of carbonyl (C=O) groups excluding carboxylic acids is 1. The van der Waals surface area contributed by atoms with Gasteiger partial charge in [0.25, 0.3) is 0 Å². The molecule has 0 radical (unpaired) electrons.